The van der Waals surface area contributed by atoms with Crippen molar-refractivity contribution in [2.24, 2.45) is 0 Å². The third kappa shape index (κ3) is 3.32. The largest absolute Gasteiger partial charge is 0.496 e. The summed E-state index contributed by atoms with van der Waals surface area (Å²) in [5.74, 6) is 1.10. The van der Waals surface area contributed by atoms with Gasteiger partial charge in [-0.1, -0.05) is 0 Å². The number of ether oxygens (including phenoxy) is 3. The zero-order valence-electron chi connectivity index (χ0n) is 12.1. The van der Waals surface area contributed by atoms with Gasteiger partial charge in [-0.25, -0.2) is 0 Å². The van der Waals surface area contributed by atoms with Crippen LogP contribution in [0.1, 0.15) is 16.8 Å². The van der Waals surface area contributed by atoms with Crippen molar-refractivity contribution in [2.45, 2.75) is 6.42 Å². The minimum atomic E-state index is -0.238. The Kier molecular flexibility index (Phi) is 5.66. The van der Waals surface area contributed by atoms with Crippen molar-refractivity contribution in [1.29, 1.82) is 5.26 Å². The number of amides is 1. The maximum absolute atomic E-state index is 12.3. The molecule has 0 unspecified atom stereocenters. The maximum atomic E-state index is 12.3. The van der Waals surface area contributed by atoms with Gasteiger partial charge in [0, 0.05) is 25.7 Å². The first-order chi connectivity index (χ1) is 9.58. The van der Waals surface area contributed by atoms with E-state index in [0.29, 0.717) is 29.4 Å². The van der Waals surface area contributed by atoms with Gasteiger partial charge in [-0.05, 0) is 0 Å². The first kappa shape index (κ1) is 15.6. The van der Waals surface area contributed by atoms with Crippen LogP contribution in [0.5, 0.6) is 17.2 Å². The molecule has 20 heavy (non-hydrogen) atoms. The lowest BCUT2D eigenvalue weighted by atomic mass is 10.1. The lowest BCUT2D eigenvalue weighted by molar-refractivity contribution is 0.0794. The maximum Gasteiger partial charge on any atom is 0.257 e. The molecule has 0 N–H and O–H groups in total. The predicted molar refractivity (Wildman–Crippen MR) is 73.3 cm³/mol. The van der Waals surface area contributed by atoms with Crippen LogP contribution >= 0.6 is 0 Å². The molecule has 0 radical (unpaired) electrons. The molecule has 1 aromatic rings. The van der Waals surface area contributed by atoms with Crippen LogP contribution in [0.15, 0.2) is 12.1 Å². The fourth-order valence-electron chi connectivity index (χ4n) is 1.72. The standard InChI is InChI=1S/C14H18N2O4/c1-16(7-5-6-15)14(17)10-8-12(19-3)13(20-4)9-11(10)18-2/h8-9H,5,7H2,1-4H3. The molecule has 0 heterocycles. The number of carbonyl (C=O) groups excluding carboxylic acids is 1. The highest BCUT2D eigenvalue weighted by Gasteiger charge is 2.20. The topological polar surface area (TPSA) is 71.8 Å². The SMILES string of the molecule is COc1cc(OC)c(C(=O)N(C)CCC#N)cc1OC. The molecule has 1 rings (SSSR count). The first-order valence-corrected chi connectivity index (χ1v) is 6.01. The van der Waals surface area contributed by atoms with Crippen LogP contribution in [0, 0.1) is 11.3 Å². The van der Waals surface area contributed by atoms with Crippen molar-refractivity contribution >= 4 is 5.91 Å². The van der Waals surface area contributed by atoms with E-state index >= 15 is 0 Å². The molecule has 0 bridgehead atoms. The summed E-state index contributed by atoms with van der Waals surface area (Å²) in [6.45, 7) is 0.354. The molecule has 0 saturated heterocycles. The van der Waals surface area contributed by atoms with Crippen molar-refractivity contribution in [3.63, 3.8) is 0 Å². The summed E-state index contributed by atoms with van der Waals surface area (Å²) in [7, 11) is 6.12. The van der Waals surface area contributed by atoms with E-state index < -0.39 is 0 Å². The summed E-state index contributed by atoms with van der Waals surface area (Å²) in [6.07, 6.45) is 0.276. The molecule has 1 amide bonds. The van der Waals surface area contributed by atoms with Crippen LogP contribution in [0.2, 0.25) is 0 Å². The van der Waals surface area contributed by atoms with Crippen molar-refractivity contribution in [3.05, 3.63) is 17.7 Å². The summed E-state index contributed by atoms with van der Waals surface area (Å²) in [6, 6.07) is 5.18. The number of rotatable bonds is 6. The third-order valence-electron chi connectivity index (χ3n) is 2.84. The molecule has 1 aromatic carbocycles. The monoisotopic (exact) mass is 278 g/mol. The van der Waals surface area contributed by atoms with Gasteiger partial charge in [0.25, 0.3) is 5.91 Å². The fourth-order valence-corrected chi connectivity index (χ4v) is 1.72. The quantitative estimate of drug-likeness (QED) is 0.792. The van der Waals surface area contributed by atoms with Crippen molar-refractivity contribution in [2.75, 3.05) is 34.9 Å². The Hall–Kier alpha value is -2.42. The zero-order valence-corrected chi connectivity index (χ0v) is 12.1. The highest BCUT2D eigenvalue weighted by Crippen LogP contribution is 2.35. The van der Waals surface area contributed by atoms with Crippen molar-refractivity contribution in [1.82, 2.24) is 4.90 Å². The Labute approximate surface area is 118 Å². The van der Waals surface area contributed by atoms with E-state index in [0.717, 1.165) is 0 Å². The molecule has 0 aromatic heterocycles. The molecule has 0 saturated carbocycles. The summed E-state index contributed by atoms with van der Waals surface area (Å²) in [5, 5.41) is 8.57. The summed E-state index contributed by atoms with van der Waals surface area (Å²) in [4.78, 5) is 13.8. The summed E-state index contributed by atoms with van der Waals surface area (Å²) >= 11 is 0. The molecule has 0 fully saturated rings. The van der Waals surface area contributed by atoms with Gasteiger partial charge >= 0.3 is 0 Å². The summed E-state index contributed by atoms with van der Waals surface area (Å²) in [5.41, 5.74) is 0.366. The summed E-state index contributed by atoms with van der Waals surface area (Å²) < 4.78 is 15.6. The van der Waals surface area contributed by atoms with Gasteiger partial charge in [-0.3, -0.25) is 4.79 Å². The molecule has 6 nitrogen and oxygen atoms in total. The molecule has 6 heteroatoms. The zero-order chi connectivity index (χ0) is 15.1. The Morgan fingerprint density at radius 1 is 1.15 bits per heavy atom. The highest BCUT2D eigenvalue weighted by atomic mass is 16.5. The number of nitrogens with zero attached hydrogens (tertiary/aromatic N) is 2. The molecule has 0 aliphatic heterocycles. The molecular weight excluding hydrogens is 260 g/mol. The van der Waals surface area contributed by atoms with Gasteiger partial charge in [0.2, 0.25) is 0 Å². The molecule has 0 spiro atoms. The lowest BCUT2D eigenvalue weighted by Gasteiger charge is -2.19. The second kappa shape index (κ2) is 7.24. The molecular formula is C14H18N2O4. The minimum Gasteiger partial charge on any atom is -0.496 e. The number of carbonyl (C=O) groups is 1. The third-order valence-corrected chi connectivity index (χ3v) is 2.84. The molecule has 0 aliphatic carbocycles. The van der Waals surface area contributed by atoms with E-state index in [2.05, 4.69) is 0 Å². The average molecular weight is 278 g/mol. The lowest BCUT2D eigenvalue weighted by Crippen LogP contribution is -2.28. The van der Waals surface area contributed by atoms with E-state index in [4.69, 9.17) is 19.5 Å². The van der Waals surface area contributed by atoms with Gasteiger partial charge in [0.05, 0.1) is 39.4 Å². The molecule has 108 valence electrons. The second-order valence-electron chi connectivity index (χ2n) is 4.04. The van der Waals surface area contributed by atoms with E-state index in [1.165, 1.54) is 26.2 Å². The van der Waals surface area contributed by atoms with Crippen LogP contribution in [0.25, 0.3) is 0 Å². The first-order valence-electron chi connectivity index (χ1n) is 6.01. The number of benzene rings is 1. The van der Waals surface area contributed by atoms with Gasteiger partial charge in [0.15, 0.2) is 11.5 Å². The number of hydrogen-bond acceptors (Lipinski definition) is 5. The Balaban J connectivity index is 3.16. The minimum absolute atomic E-state index is 0.238. The van der Waals surface area contributed by atoms with Crippen LogP contribution < -0.4 is 14.2 Å². The Bertz CT molecular complexity index is 523. The highest BCUT2D eigenvalue weighted by molar-refractivity contribution is 5.97. The number of nitriles is 1. The van der Waals surface area contributed by atoms with Crippen LogP contribution in [0.4, 0.5) is 0 Å². The van der Waals surface area contributed by atoms with E-state index in [-0.39, 0.29) is 12.3 Å². The predicted octanol–water partition coefficient (Wildman–Crippen LogP) is 1.70. The smallest absolute Gasteiger partial charge is 0.257 e. The normalized spacial score (nSPS) is 9.55. The van der Waals surface area contributed by atoms with E-state index in [1.54, 1.807) is 19.2 Å². The van der Waals surface area contributed by atoms with Gasteiger partial charge in [-0.15, -0.1) is 0 Å². The van der Waals surface area contributed by atoms with Crippen molar-refractivity contribution < 1.29 is 19.0 Å². The van der Waals surface area contributed by atoms with Crippen molar-refractivity contribution in [3.8, 4) is 23.3 Å². The Morgan fingerprint density at radius 3 is 2.20 bits per heavy atom. The van der Waals surface area contributed by atoms with E-state index in [1.807, 2.05) is 6.07 Å². The van der Waals surface area contributed by atoms with Crippen LogP contribution in [0.3, 0.4) is 0 Å². The van der Waals surface area contributed by atoms with E-state index in [9.17, 15) is 4.79 Å². The molecule has 0 atom stereocenters. The van der Waals surface area contributed by atoms with Crippen LogP contribution in [-0.4, -0.2) is 45.7 Å². The average Bonchev–Trinajstić information content (AvgIpc) is 2.50. The number of methoxy groups -OCH3 is 3. The van der Waals surface area contributed by atoms with Gasteiger partial charge in [0.1, 0.15) is 5.75 Å². The second-order valence-corrected chi connectivity index (χ2v) is 4.04. The number of hydrogen-bond donors (Lipinski definition) is 0. The fraction of sp³-hybridized carbons (Fsp3) is 0.429. The Morgan fingerprint density at radius 2 is 1.70 bits per heavy atom. The van der Waals surface area contributed by atoms with Crippen LogP contribution in [-0.2, 0) is 0 Å². The molecule has 0 aliphatic rings. The van der Waals surface area contributed by atoms with Gasteiger partial charge < -0.3 is 19.1 Å². The van der Waals surface area contributed by atoms with Gasteiger partial charge in [-0.2, -0.15) is 5.26 Å².